The van der Waals surface area contributed by atoms with Gasteiger partial charge in [-0.15, -0.1) is 0 Å². The predicted octanol–water partition coefficient (Wildman–Crippen LogP) is -0.766. The zero-order valence-corrected chi connectivity index (χ0v) is 8.17. The van der Waals surface area contributed by atoms with E-state index < -0.39 is 21.1 Å². The lowest BCUT2D eigenvalue weighted by Gasteiger charge is -1.95. The number of aromatic nitrogens is 2. The maximum absolute atomic E-state index is 11.0. The molecule has 0 spiro atoms. The molecule has 0 aromatic carbocycles. The predicted molar refractivity (Wildman–Crippen MR) is 45.9 cm³/mol. The minimum absolute atomic E-state index is 0.115. The Morgan fingerprint density at radius 1 is 1.71 bits per heavy atom. The Morgan fingerprint density at radius 3 is 2.79 bits per heavy atom. The number of hydrogen-bond donors (Lipinski definition) is 2. The fourth-order valence-corrected chi connectivity index (χ4v) is 1.21. The smallest absolute Gasteiger partial charge is 0.358 e. The van der Waals surface area contributed by atoms with Crippen LogP contribution in [0.3, 0.4) is 0 Å². The summed E-state index contributed by atoms with van der Waals surface area (Å²) >= 11 is 0. The van der Waals surface area contributed by atoms with Gasteiger partial charge in [0.25, 0.3) is 10.0 Å². The highest BCUT2D eigenvalue weighted by Gasteiger charge is 2.16. The molecule has 0 saturated carbocycles. The van der Waals surface area contributed by atoms with Crippen molar-refractivity contribution >= 4 is 16.0 Å². The number of carbonyl (C=O) groups is 1. The molecule has 0 radical (unpaired) electrons. The van der Waals surface area contributed by atoms with E-state index >= 15 is 0 Å². The second-order valence-corrected chi connectivity index (χ2v) is 3.83. The minimum Gasteiger partial charge on any atom is -0.461 e. The van der Waals surface area contributed by atoms with Crippen LogP contribution < -0.4 is 5.14 Å². The van der Waals surface area contributed by atoms with Gasteiger partial charge in [-0.05, 0) is 6.92 Å². The summed E-state index contributed by atoms with van der Waals surface area (Å²) in [5, 5.41) is 4.31. The molecule has 0 bridgehead atoms. The van der Waals surface area contributed by atoms with Crippen molar-refractivity contribution in [3.63, 3.8) is 0 Å². The molecular weight excluding hydrogens is 210 g/mol. The van der Waals surface area contributed by atoms with Crippen molar-refractivity contribution in [3.8, 4) is 0 Å². The summed E-state index contributed by atoms with van der Waals surface area (Å²) in [6.07, 6.45) is 1.12. The van der Waals surface area contributed by atoms with Crippen LogP contribution in [0.5, 0.6) is 0 Å². The van der Waals surface area contributed by atoms with Gasteiger partial charge in [0.15, 0.2) is 5.69 Å². The average Bonchev–Trinajstić information content (AvgIpc) is 2.51. The van der Waals surface area contributed by atoms with E-state index in [1.807, 2.05) is 0 Å². The van der Waals surface area contributed by atoms with Gasteiger partial charge >= 0.3 is 5.97 Å². The average molecular weight is 219 g/mol. The molecule has 0 aliphatic rings. The summed E-state index contributed by atoms with van der Waals surface area (Å²) in [7, 11) is -3.90. The lowest BCUT2D eigenvalue weighted by Crippen LogP contribution is -2.14. The molecule has 8 heteroatoms. The third-order valence-corrected chi connectivity index (χ3v) is 2.06. The number of nitrogens with one attached hydrogen (secondary N) is 1. The highest BCUT2D eigenvalue weighted by atomic mass is 32.2. The molecule has 0 aliphatic carbocycles. The Bertz CT molecular complexity index is 436. The zero-order chi connectivity index (χ0) is 10.8. The van der Waals surface area contributed by atoms with Crippen LogP contribution in [0.4, 0.5) is 0 Å². The van der Waals surface area contributed by atoms with E-state index in [0.717, 1.165) is 6.20 Å². The molecule has 14 heavy (non-hydrogen) atoms. The largest absolute Gasteiger partial charge is 0.461 e. The van der Waals surface area contributed by atoms with Crippen molar-refractivity contribution in [3.05, 3.63) is 11.9 Å². The number of hydrogen-bond acceptors (Lipinski definition) is 5. The van der Waals surface area contributed by atoms with Gasteiger partial charge in [-0.3, -0.25) is 0 Å². The molecule has 1 heterocycles. The van der Waals surface area contributed by atoms with E-state index in [-0.39, 0.29) is 12.3 Å². The van der Waals surface area contributed by atoms with E-state index in [2.05, 4.69) is 14.7 Å². The van der Waals surface area contributed by atoms with Crippen LogP contribution in [-0.2, 0) is 14.8 Å². The van der Waals surface area contributed by atoms with Crippen LogP contribution in [0.15, 0.2) is 11.4 Å². The fourth-order valence-electron chi connectivity index (χ4n) is 0.759. The lowest BCUT2D eigenvalue weighted by molar-refractivity contribution is 0.0519. The number of primary sulfonamides is 1. The van der Waals surface area contributed by atoms with E-state index in [1.54, 1.807) is 6.92 Å². The van der Waals surface area contributed by atoms with E-state index in [0.29, 0.717) is 0 Å². The fraction of sp³-hybridized carbons (Fsp3) is 0.333. The number of imidazole rings is 1. The van der Waals surface area contributed by atoms with Crippen LogP contribution in [0.25, 0.3) is 0 Å². The number of ether oxygens (including phenoxy) is 1. The van der Waals surface area contributed by atoms with Crippen molar-refractivity contribution in [1.82, 2.24) is 9.97 Å². The van der Waals surface area contributed by atoms with Gasteiger partial charge in [0.1, 0.15) is 0 Å². The molecule has 0 amide bonds. The molecule has 0 fully saturated rings. The first-order valence-electron chi connectivity index (χ1n) is 3.70. The molecule has 0 unspecified atom stereocenters. The summed E-state index contributed by atoms with van der Waals surface area (Å²) in [6, 6.07) is 0. The second kappa shape index (κ2) is 3.76. The van der Waals surface area contributed by atoms with Gasteiger partial charge in [-0.1, -0.05) is 0 Å². The van der Waals surface area contributed by atoms with Crippen molar-refractivity contribution < 1.29 is 17.9 Å². The SMILES string of the molecule is CCOC(=O)c1c[nH]c(S(N)(=O)=O)n1. The Balaban J connectivity index is 2.94. The minimum atomic E-state index is -3.90. The topological polar surface area (TPSA) is 115 Å². The molecule has 1 aromatic rings. The third kappa shape index (κ3) is 2.30. The van der Waals surface area contributed by atoms with Crippen molar-refractivity contribution in [1.29, 1.82) is 0 Å². The molecule has 7 nitrogen and oxygen atoms in total. The Morgan fingerprint density at radius 2 is 2.36 bits per heavy atom. The summed E-state index contributed by atoms with van der Waals surface area (Å²) in [5.74, 6) is -0.696. The molecule has 1 aromatic heterocycles. The normalized spacial score (nSPS) is 11.3. The van der Waals surface area contributed by atoms with Crippen LogP contribution in [0.1, 0.15) is 17.4 Å². The van der Waals surface area contributed by atoms with E-state index in [1.165, 1.54) is 0 Å². The quantitative estimate of drug-likeness (QED) is 0.648. The number of nitrogens with zero attached hydrogens (tertiary/aromatic N) is 1. The molecule has 1 rings (SSSR count). The first kappa shape index (κ1) is 10.7. The van der Waals surface area contributed by atoms with Gasteiger partial charge in [0.05, 0.1) is 6.61 Å². The van der Waals surface area contributed by atoms with Crippen molar-refractivity contribution in [2.75, 3.05) is 6.61 Å². The van der Waals surface area contributed by atoms with Crippen LogP contribution in [-0.4, -0.2) is 31.0 Å². The maximum Gasteiger partial charge on any atom is 0.358 e. The monoisotopic (exact) mass is 219 g/mol. The highest BCUT2D eigenvalue weighted by molar-refractivity contribution is 7.89. The Labute approximate surface area is 80.3 Å². The molecular formula is C6H9N3O4S. The van der Waals surface area contributed by atoms with Crippen LogP contribution in [0.2, 0.25) is 0 Å². The van der Waals surface area contributed by atoms with Crippen molar-refractivity contribution in [2.24, 2.45) is 5.14 Å². The summed E-state index contributed by atoms with van der Waals surface area (Å²) in [6.45, 7) is 1.82. The summed E-state index contributed by atoms with van der Waals surface area (Å²) in [4.78, 5) is 16.8. The standard InChI is InChI=1S/C6H9N3O4S/c1-2-13-5(10)4-3-8-6(9-4)14(7,11)12/h3H,2H2,1H3,(H,8,9)(H2,7,11,12). The van der Waals surface area contributed by atoms with Crippen molar-refractivity contribution in [2.45, 2.75) is 12.1 Å². The van der Waals surface area contributed by atoms with Gasteiger partial charge in [0, 0.05) is 6.20 Å². The zero-order valence-electron chi connectivity index (χ0n) is 7.35. The van der Waals surface area contributed by atoms with E-state index in [4.69, 9.17) is 5.14 Å². The number of H-pyrrole nitrogens is 1. The molecule has 0 atom stereocenters. The number of sulfonamides is 1. The maximum atomic E-state index is 11.0. The highest BCUT2D eigenvalue weighted by Crippen LogP contribution is 2.03. The number of aromatic amines is 1. The van der Waals surface area contributed by atoms with Gasteiger partial charge in [-0.25, -0.2) is 23.3 Å². The summed E-state index contributed by atoms with van der Waals surface area (Å²) < 4.78 is 26.1. The number of nitrogens with two attached hydrogens (primary N) is 1. The number of carbonyl (C=O) groups excluding carboxylic acids is 1. The summed E-state index contributed by atoms with van der Waals surface area (Å²) in [5.41, 5.74) is -0.115. The van der Waals surface area contributed by atoms with Crippen LogP contribution in [0, 0.1) is 0 Å². The molecule has 0 aliphatic heterocycles. The third-order valence-electron chi connectivity index (χ3n) is 1.31. The molecule has 3 N–H and O–H groups in total. The number of rotatable bonds is 3. The van der Waals surface area contributed by atoms with Crippen LogP contribution >= 0.6 is 0 Å². The van der Waals surface area contributed by atoms with Gasteiger partial charge in [-0.2, -0.15) is 0 Å². The first-order chi connectivity index (χ1) is 6.45. The second-order valence-electron chi connectivity index (χ2n) is 2.36. The Kier molecular flexibility index (Phi) is 2.87. The lowest BCUT2D eigenvalue weighted by atomic mass is 10.5. The molecule has 78 valence electrons. The molecule has 0 saturated heterocycles. The van der Waals surface area contributed by atoms with Gasteiger partial charge < -0.3 is 9.72 Å². The first-order valence-corrected chi connectivity index (χ1v) is 5.25. The van der Waals surface area contributed by atoms with Gasteiger partial charge in [0.2, 0.25) is 5.16 Å². The Hall–Kier alpha value is -1.41. The van der Waals surface area contributed by atoms with E-state index in [9.17, 15) is 13.2 Å². The number of esters is 1.